The van der Waals surface area contributed by atoms with E-state index >= 15 is 0 Å². The average Bonchev–Trinajstić information content (AvgIpc) is 2.59. The lowest BCUT2D eigenvalue weighted by Gasteiger charge is -2.24. The van der Waals surface area contributed by atoms with Crippen molar-refractivity contribution in [3.05, 3.63) is 53.8 Å². The fourth-order valence-corrected chi connectivity index (χ4v) is 4.05. The van der Waals surface area contributed by atoms with E-state index in [-0.39, 0.29) is 22.4 Å². The van der Waals surface area contributed by atoms with Gasteiger partial charge in [-0.3, -0.25) is 4.72 Å². The Kier molecular flexibility index (Phi) is 5.27. The van der Waals surface area contributed by atoms with Gasteiger partial charge in [-0.2, -0.15) is 0 Å². The van der Waals surface area contributed by atoms with Crippen LogP contribution in [0.4, 0.5) is 10.1 Å². The van der Waals surface area contributed by atoms with Crippen LogP contribution in [-0.4, -0.2) is 14.5 Å². The Morgan fingerprint density at radius 3 is 2.40 bits per heavy atom. The summed E-state index contributed by atoms with van der Waals surface area (Å²) in [4.78, 5) is 0.0879. The number of halogens is 1. The van der Waals surface area contributed by atoms with Crippen molar-refractivity contribution in [3.8, 4) is 5.75 Å². The normalized spacial score (nSPS) is 15.8. The standard InChI is InChI=1S/C19H22FNO3S/c1-14-10-12-16(13-11-14)25(22,23)21-19-17(20)8-5-9-18(19)24-15-6-3-2-4-7-15/h5,8-13,15,21H,2-4,6-7H2,1H3. The number of aryl methyl sites for hydroxylation is 1. The van der Waals surface area contributed by atoms with E-state index in [1.807, 2.05) is 6.92 Å². The molecule has 6 heteroatoms. The molecule has 0 bridgehead atoms. The summed E-state index contributed by atoms with van der Waals surface area (Å²) < 4.78 is 47.7. The monoisotopic (exact) mass is 363 g/mol. The topological polar surface area (TPSA) is 55.4 Å². The summed E-state index contributed by atoms with van der Waals surface area (Å²) in [7, 11) is -3.89. The molecule has 0 aliphatic heterocycles. The van der Waals surface area contributed by atoms with Crippen molar-refractivity contribution in [2.45, 2.75) is 50.0 Å². The molecule has 0 spiro atoms. The van der Waals surface area contributed by atoms with Gasteiger partial charge in [-0.1, -0.05) is 30.2 Å². The van der Waals surface area contributed by atoms with Crippen LogP contribution in [0.1, 0.15) is 37.7 Å². The number of hydrogen-bond donors (Lipinski definition) is 1. The minimum Gasteiger partial charge on any atom is -0.488 e. The first-order valence-corrected chi connectivity index (χ1v) is 9.99. The van der Waals surface area contributed by atoms with Gasteiger partial charge in [-0.05, 0) is 56.9 Å². The van der Waals surface area contributed by atoms with Gasteiger partial charge in [0.2, 0.25) is 0 Å². The largest absolute Gasteiger partial charge is 0.488 e. The molecule has 134 valence electrons. The molecule has 3 rings (SSSR count). The van der Waals surface area contributed by atoms with Crippen LogP contribution < -0.4 is 9.46 Å². The Morgan fingerprint density at radius 1 is 1.04 bits per heavy atom. The third-order valence-electron chi connectivity index (χ3n) is 4.39. The van der Waals surface area contributed by atoms with Gasteiger partial charge in [0.05, 0.1) is 11.0 Å². The van der Waals surface area contributed by atoms with Crippen LogP contribution in [0.2, 0.25) is 0 Å². The van der Waals surface area contributed by atoms with Crippen molar-refractivity contribution in [2.75, 3.05) is 4.72 Å². The van der Waals surface area contributed by atoms with Crippen LogP contribution in [0, 0.1) is 12.7 Å². The van der Waals surface area contributed by atoms with Crippen LogP contribution in [0.15, 0.2) is 47.4 Å². The summed E-state index contributed by atoms with van der Waals surface area (Å²) in [6.07, 6.45) is 5.13. The predicted molar refractivity (Wildman–Crippen MR) is 95.9 cm³/mol. The molecule has 0 atom stereocenters. The fourth-order valence-electron chi connectivity index (χ4n) is 2.97. The zero-order valence-corrected chi connectivity index (χ0v) is 15.0. The molecule has 2 aromatic rings. The minimum atomic E-state index is -3.89. The quantitative estimate of drug-likeness (QED) is 0.841. The van der Waals surface area contributed by atoms with E-state index in [9.17, 15) is 12.8 Å². The Labute approximate surface area is 148 Å². The first-order valence-electron chi connectivity index (χ1n) is 8.50. The molecule has 2 aromatic carbocycles. The molecule has 1 saturated carbocycles. The highest BCUT2D eigenvalue weighted by Gasteiger charge is 2.22. The first-order chi connectivity index (χ1) is 12.0. The lowest BCUT2D eigenvalue weighted by Crippen LogP contribution is -2.21. The van der Waals surface area contributed by atoms with Gasteiger partial charge in [0.1, 0.15) is 11.4 Å². The van der Waals surface area contributed by atoms with Gasteiger partial charge in [-0.15, -0.1) is 0 Å². The molecule has 1 N–H and O–H groups in total. The number of rotatable bonds is 5. The zero-order chi connectivity index (χ0) is 17.9. The molecule has 25 heavy (non-hydrogen) atoms. The van der Waals surface area contributed by atoms with Crippen molar-refractivity contribution < 1.29 is 17.5 Å². The van der Waals surface area contributed by atoms with E-state index in [1.54, 1.807) is 18.2 Å². The van der Waals surface area contributed by atoms with E-state index in [4.69, 9.17) is 4.74 Å². The molecule has 0 unspecified atom stereocenters. The van der Waals surface area contributed by atoms with E-state index in [2.05, 4.69) is 4.72 Å². The van der Waals surface area contributed by atoms with Crippen LogP contribution in [0.5, 0.6) is 5.75 Å². The van der Waals surface area contributed by atoms with Gasteiger partial charge < -0.3 is 4.74 Å². The van der Waals surface area contributed by atoms with Crippen LogP contribution in [0.3, 0.4) is 0 Å². The number of benzene rings is 2. The SMILES string of the molecule is Cc1ccc(S(=O)(=O)Nc2c(F)cccc2OC2CCCCC2)cc1. The van der Waals surface area contributed by atoms with Gasteiger partial charge in [0.25, 0.3) is 10.0 Å². The van der Waals surface area contributed by atoms with Crippen LogP contribution >= 0.6 is 0 Å². The number of para-hydroxylation sites is 1. The zero-order valence-electron chi connectivity index (χ0n) is 14.2. The smallest absolute Gasteiger partial charge is 0.262 e. The van der Waals surface area contributed by atoms with Crippen LogP contribution in [0.25, 0.3) is 0 Å². The summed E-state index contributed by atoms with van der Waals surface area (Å²) in [5.74, 6) is -0.411. The number of hydrogen-bond acceptors (Lipinski definition) is 3. The van der Waals surface area contributed by atoms with Crippen molar-refractivity contribution in [1.29, 1.82) is 0 Å². The fraction of sp³-hybridized carbons (Fsp3) is 0.368. The Morgan fingerprint density at radius 2 is 1.72 bits per heavy atom. The summed E-state index contributed by atoms with van der Waals surface area (Å²) in [5.41, 5.74) is 0.819. The number of anilines is 1. The van der Waals surface area contributed by atoms with Crippen molar-refractivity contribution >= 4 is 15.7 Å². The molecule has 4 nitrogen and oxygen atoms in total. The van der Waals surface area contributed by atoms with E-state index in [1.165, 1.54) is 30.7 Å². The lowest BCUT2D eigenvalue weighted by atomic mass is 9.98. The number of sulfonamides is 1. The Bertz CT molecular complexity index is 828. The molecule has 0 aromatic heterocycles. The Balaban J connectivity index is 1.87. The Hall–Kier alpha value is -2.08. The number of nitrogens with one attached hydrogen (secondary N) is 1. The molecule has 1 aliphatic rings. The molecule has 0 heterocycles. The minimum absolute atomic E-state index is 0.00169. The highest BCUT2D eigenvalue weighted by Crippen LogP contribution is 2.33. The molecule has 0 amide bonds. The van der Waals surface area contributed by atoms with E-state index in [0.717, 1.165) is 31.2 Å². The van der Waals surface area contributed by atoms with E-state index in [0.29, 0.717) is 0 Å². The molecular formula is C19H22FNO3S. The third kappa shape index (κ3) is 4.31. The maximum absolute atomic E-state index is 14.3. The highest BCUT2D eigenvalue weighted by molar-refractivity contribution is 7.92. The van der Waals surface area contributed by atoms with Gasteiger partial charge >= 0.3 is 0 Å². The highest BCUT2D eigenvalue weighted by atomic mass is 32.2. The van der Waals surface area contributed by atoms with Gasteiger partial charge in [0, 0.05) is 0 Å². The third-order valence-corrected chi connectivity index (χ3v) is 5.75. The van der Waals surface area contributed by atoms with Crippen molar-refractivity contribution in [1.82, 2.24) is 0 Å². The van der Waals surface area contributed by atoms with Crippen LogP contribution in [-0.2, 0) is 10.0 Å². The second-order valence-electron chi connectivity index (χ2n) is 6.41. The summed E-state index contributed by atoms with van der Waals surface area (Å²) in [5, 5.41) is 0. The molecule has 0 saturated heterocycles. The second-order valence-corrected chi connectivity index (χ2v) is 8.09. The molecule has 1 fully saturated rings. The van der Waals surface area contributed by atoms with Crippen molar-refractivity contribution in [3.63, 3.8) is 0 Å². The molecule has 1 aliphatic carbocycles. The lowest BCUT2D eigenvalue weighted by molar-refractivity contribution is 0.155. The average molecular weight is 363 g/mol. The second kappa shape index (κ2) is 7.44. The number of ether oxygens (including phenoxy) is 1. The predicted octanol–water partition coefficient (Wildman–Crippen LogP) is 4.65. The van der Waals surface area contributed by atoms with Crippen molar-refractivity contribution in [2.24, 2.45) is 0 Å². The van der Waals surface area contributed by atoms with Gasteiger partial charge in [0.15, 0.2) is 5.82 Å². The maximum atomic E-state index is 14.3. The maximum Gasteiger partial charge on any atom is 0.262 e. The summed E-state index contributed by atoms with van der Waals surface area (Å²) >= 11 is 0. The summed E-state index contributed by atoms with van der Waals surface area (Å²) in [6, 6.07) is 10.8. The molecule has 0 radical (unpaired) electrons. The first kappa shape index (κ1) is 17.7. The summed E-state index contributed by atoms with van der Waals surface area (Å²) in [6.45, 7) is 1.87. The van der Waals surface area contributed by atoms with E-state index < -0.39 is 15.8 Å². The molecular weight excluding hydrogens is 341 g/mol. The van der Waals surface area contributed by atoms with Gasteiger partial charge in [-0.25, -0.2) is 12.8 Å².